The highest BCUT2D eigenvalue weighted by molar-refractivity contribution is 5.96. The van der Waals surface area contributed by atoms with Gasteiger partial charge in [-0.25, -0.2) is 4.79 Å². The third kappa shape index (κ3) is 4.39. The zero-order valence-corrected chi connectivity index (χ0v) is 13.8. The van der Waals surface area contributed by atoms with E-state index in [1.807, 2.05) is 18.2 Å². The molecule has 26 heavy (non-hydrogen) atoms. The summed E-state index contributed by atoms with van der Waals surface area (Å²) in [6.45, 7) is 0. The molecule has 0 fully saturated rings. The van der Waals surface area contributed by atoms with Gasteiger partial charge in [-0.3, -0.25) is 9.69 Å². The van der Waals surface area contributed by atoms with Crippen molar-refractivity contribution in [2.45, 2.75) is 0 Å². The first-order valence-electron chi connectivity index (χ1n) is 7.93. The number of allylic oxidation sites excluding steroid dienone is 3. The van der Waals surface area contributed by atoms with Crippen LogP contribution in [-0.2, 0) is 0 Å². The third-order valence-electron chi connectivity index (χ3n) is 3.56. The van der Waals surface area contributed by atoms with Crippen molar-refractivity contribution >= 4 is 17.6 Å². The molecule has 0 bridgehead atoms. The number of phenolic OH excluding ortho intramolecular Hbond substituents is 1. The van der Waals surface area contributed by atoms with Crippen molar-refractivity contribution in [3.63, 3.8) is 0 Å². The number of aromatic hydroxyl groups is 1. The summed E-state index contributed by atoms with van der Waals surface area (Å²) in [5.41, 5.74) is 1.53. The Morgan fingerprint density at radius 3 is 2.35 bits per heavy atom. The van der Waals surface area contributed by atoms with Crippen LogP contribution >= 0.6 is 0 Å². The Morgan fingerprint density at radius 2 is 1.62 bits per heavy atom. The molecule has 2 aromatic carbocycles. The number of hydrogen-bond acceptors (Lipinski definition) is 3. The van der Waals surface area contributed by atoms with Gasteiger partial charge in [0.25, 0.3) is 5.91 Å². The van der Waals surface area contributed by atoms with Crippen molar-refractivity contribution < 1.29 is 14.7 Å². The van der Waals surface area contributed by atoms with Gasteiger partial charge in [-0.2, -0.15) is 0 Å². The normalized spacial score (nSPS) is 12.9. The largest absolute Gasteiger partial charge is 0.508 e. The van der Waals surface area contributed by atoms with Crippen LogP contribution in [0.5, 0.6) is 5.75 Å². The number of carbonyl (C=O) groups excluding carboxylic acids is 2. The van der Waals surface area contributed by atoms with Crippen LogP contribution in [0.2, 0.25) is 0 Å². The predicted molar refractivity (Wildman–Crippen MR) is 99.2 cm³/mol. The molecule has 3 rings (SSSR count). The number of para-hydroxylation sites is 1. The van der Waals surface area contributed by atoms with Crippen molar-refractivity contribution in [1.82, 2.24) is 10.2 Å². The Hall–Kier alpha value is -3.80. The van der Waals surface area contributed by atoms with Crippen LogP contribution in [0.25, 0.3) is 0 Å². The topological polar surface area (TPSA) is 81.7 Å². The molecule has 0 unspecified atom stereocenters. The molecule has 3 amide bonds. The molecule has 1 aliphatic rings. The third-order valence-corrected chi connectivity index (χ3v) is 3.56. The Morgan fingerprint density at radius 1 is 0.885 bits per heavy atom. The van der Waals surface area contributed by atoms with Gasteiger partial charge in [0.15, 0.2) is 0 Å². The van der Waals surface area contributed by atoms with E-state index in [1.165, 1.54) is 35.4 Å². The van der Waals surface area contributed by atoms with Crippen LogP contribution in [0.1, 0.15) is 10.4 Å². The zero-order chi connectivity index (χ0) is 18.4. The van der Waals surface area contributed by atoms with Crippen molar-refractivity contribution in [3.05, 3.63) is 96.5 Å². The highest BCUT2D eigenvalue weighted by Gasteiger charge is 2.13. The zero-order valence-electron chi connectivity index (χ0n) is 13.8. The first kappa shape index (κ1) is 17.0. The molecule has 1 heterocycles. The number of rotatable bonds is 3. The maximum Gasteiger partial charge on any atom is 0.330 e. The van der Waals surface area contributed by atoms with E-state index < -0.39 is 0 Å². The molecule has 0 aromatic heterocycles. The van der Waals surface area contributed by atoms with E-state index in [2.05, 4.69) is 10.6 Å². The standard InChI is InChI=1S/C20H17N3O3/c24-18-11-9-15(10-12-18)19(25)21-17-8-4-5-13-23(14-17)20(26)22-16-6-2-1-3-7-16/h1-14,24H,(H,21,25)(H,22,26). The lowest BCUT2D eigenvalue weighted by atomic mass is 10.2. The van der Waals surface area contributed by atoms with Gasteiger partial charge in [-0.15, -0.1) is 0 Å². The molecule has 0 saturated carbocycles. The number of nitrogens with zero attached hydrogens (tertiary/aromatic N) is 1. The fourth-order valence-electron chi connectivity index (χ4n) is 2.26. The lowest BCUT2D eigenvalue weighted by Gasteiger charge is -2.16. The van der Waals surface area contributed by atoms with Gasteiger partial charge in [-0.05, 0) is 48.6 Å². The van der Waals surface area contributed by atoms with Gasteiger partial charge in [0.1, 0.15) is 5.75 Å². The Bertz CT molecular complexity index is 884. The number of benzene rings is 2. The summed E-state index contributed by atoms with van der Waals surface area (Å²) in [6.07, 6.45) is 8.22. The monoisotopic (exact) mass is 347 g/mol. The maximum absolute atomic E-state index is 12.4. The lowest BCUT2D eigenvalue weighted by Crippen LogP contribution is -2.28. The number of urea groups is 1. The first-order chi connectivity index (χ1) is 12.6. The number of hydrogen-bond donors (Lipinski definition) is 3. The molecule has 0 atom stereocenters. The van der Waals surface area contributed by atoms with Gasteiger partial charge in [-0.1, -0.05) is 24.3 Å². The van der Waals surface area contributed by atoms with Crippen molar-refractivity contribution in [1.29, 1.82) is 0 Å². The molecule has 130 valence electrons. The number of anilines is 1. The quantitative estimate of drug-likeness (QED) is 0.794. The molecule has 0 saturated heterocycles. The van der Waals surface area contributed by atoms with Crippen molar-refractivity contribution in [3.8, 4) is 5.75 Å². The van der Waals surface area contributed by atoms with Gasteiger partial charge in [0, 0.05) is 23.7 Å². The summed E-state index contributed by atoms with van der Waals surface area (Å²) in [6, 6.07) is 14.6. The summed E-state index contributed by atoms with van der Waals surface area (Å²) in [5, 5.41) is 14.8. The van der Waals surface area contributed by atoms with E-state index in [4.69, 9.17) is 0 Å². The van der Waals surface area contributed by atoms with Crippen molar-refractivity contribution in [2.24, 2.45) is 0 Å². The summed E-state index contributed by atoms with van der Waals surface area (Å²) in [5.74, 6) is -0.255. The van der Waals surface area contributed by atoms with Crippen LogP contribution in [0.4, 0.5) is 10.5 Å². The van der Waals surface area contributed by atoms with Crippen LogP contribution in [0.15, 0.2) is 90.9 Å². The Balaban J connectivity index is 1.71. The Kier molecular flexibility index (Phi) is 5.14. The fraction of sp³-hybridized carbons (Fsp3) is 0. The maximum atomic E-state index is 12.4. The second-order valence-corrected chi connectivity index (χ2v) is 5.49. The number of phenols is 1. The molecular formula is C20H17N3O3. The summed E-state index contributed by atoms with van der Waals surface area (Å²) in [7, 11) is 0. The van der Waals surface area contributed by atoms with Crippen LogP contribution in [-0.4, -0.2) is 21.9 Å². The van der Waals surface area contributed by atoms with Crippen LogP contribution in [0, 0.1) is 0 Å². The minimum Gasteiger partial charge on any atom is -0.508 e. The lowest BCUT2D eigenvalue weighted by molar-refractivity contribution is 0.0966. The average Bonchev–Trinajstić information content (AvgIpc) is 2.89. The summed E-state index contributed by atoms with van der Waals surface area (Å²) in [4.78, 5) is 26.1. The van der Waals surface area contributed by atoms with E-state index in [0.29, 0.717) is 16.9 Å². The van der Waals surface area contributed by atoms with Gasteiger partial charge >= 0.3 is 6.03 Å². The number of carbonyl (C=O) groups is 2. The second-order valence-electron chi connectivity index (χ2n) is 5.49. The predicted octanol–water partition coefficient (Wildman–Crippen LogP) is 3.58. The Labute approximate surface area is 150 Å². The number of nitrogens with one attached hydrogen (secondary N) is 2. The summed E-state index contributed by atoms with van der Waals surface area (Å²) < 4.78 is 0. The molecule has 0 spiro atoms. The molecule has 2 aromatic rings. The minimum atomic E-state index is -0.354. The van der Waals surface area contributed by atoms with E-state index in [9.17, 15) is 14.7 Å². The van der Waals surface area contributed by atoms with Gasteiger partial charge < -0.3 is 15.7 Å². The minimum absolute atomic E-state index is 0.0862. The fourth-order valence-corrected chi connectivity index (χ4v) is 2.26. The highest BCUT2D eigenvalue weighted by atomic mass is 16.3. The smallest absolute Gasteiger partial charge is 0.330 e. The molecule has 6 nitrogen and oxygen atoms in total. The number of amides is 3. The molecule has 0 aliphatic carbocycles. The van der Waals surface area contributed by atoms with Gasteiger partial charge in [0.2, 0.25) is 0 Å². The molecule has 3 N–H and O–H groups in total. The van der Waals surface area contributed by atoms with E-state index in [-0.39, 0.29) is 17.7 Å². The SMILES string of the molecule is O=C(NC1=CN(C(=O)Nc2ccccc2)C=CC=C1)c1ccc(O)cc1. The molecule has 1 aliphatic heterocycles. The average molecular weight is 347 g/mol. The highest BCUT2D eigenvalue weighted by Crippen LogP contribution is 2.12. The van der Waals surface area contributed by atoms with Crippen molar-refractivity contribution in [2.75, 3.05) is 5.32 Å². The summed E-state index contributed by atoms with van der Waals surface area (Å²) >= 11 is 0. The van der Waals surface area contributed by atoms with E-state index in [0.717, 1.165) is 0 Å². The molecule has 0 radical (unpaired) electrons. The first-order valence-corrected chi connectivity index (χ1v) is 7.93. The van der Waals surface area contributed by atoms with Crippen LogP contribution in [0.3, 0.4) is 0 Å². The molecular weight excluding hydrogens is 330 g/mol. The van der Waals surface area contributed by atoms with E-state index >= 15 is 0 Å². The molecule has 6 heteroatoms. The van der Waals surface area contributed by atoms with Crippen LogP contribution < -0.4 is 10.6 Å². The second kappa shape index (κ2) is 7.85. The van der Waals surface area contributed by atoms with Gasteiger partial charge in [0.05, 0.1) is 5.70 Å². The van der Waals surface area contributed by atoms with E-state index in [1.54, 1.807) is 36.6 Å².